The number of aromatic nitrogens is 3. The second-order valence-electron chi connectivity index (χ2n) is 6.00. The molecule has 1 N–H and O–H groups in total. The minimum atomic E-state index is -0.0783. The fraction of sp³-hybridized carbons (Fsp3) is 0.211. The third-order valence-electron chi connectivity index (χ3n) is 3.86. The van der Waals surface area contributed by atoms with Crippen LogP contribution in [0.1, 0.15) is 17.0 Å². The second kappa shape index (κ2) is 8.05. The number of rotatable bonds is 5. The first kappa shape index (κ1) is 18.7. The number of amides is 1. The van der Waals surface area contributed by atoms with Crippen molar-refractivity contribution in [3.8, 4) is 5.69 Å². The normalized spacial score (nSPS) is 10.8. The van der Waals surface area contributed by atoms with E-state index < -0.39 is 0 Å². The largest absolute Gasteiger partial charge is 0.325 e. The molecule has 0 aliphatic rings. The summed E-state index contributed by atoms with van der Waals surface area (Å²) in [6.45, 7) is 6.03. The highest BCUT2D eigenvalue weighted by Gasteiger charge is 2.15. The highest BCUT2D eigenvalue weighted by Crippen LogP contribution is 2.25. The van der Waals surface area contributed by atoms with Gasteiger partial charge in [-0.2, -0.15) is 0 Å². The van der Waals surface area contributed by atoms with Gasteiger partial charge in [-0.15, -0.1) is 10.2 Å². The Balaban J connectivity index is 1.74. The number of carbonyl (C=O) groups is 1. The smallest absolute Gasteiger partial charge is 0.234 e. The van der Waals surface area contributed by atoms with Gasteiger partial charge in [0.25, 0.3) is 0 Å². The van der Waals surface area contributed by atoms with E-state index in [4.69, 9.17) is 0 Å². The van der Waals surface area contributed by atoms with Crippen LogP contribution in [0.4, 0.5) is 5.69 Å². The Morgan fingerprint density at radius 2 is 1.85 bits per heavy atom. The van der Waals surface area contributed by atoms with Gasteiger partial charge in [-0.1, -0.05) is 39.8 Å². The lowest BCUT2D eigenvalue weighted by atomic mass is 10.1. The number of halogens is 1. The molecule has 0 radical (unpaired) electrons. The molecule has 0 aliphatic heterocycles. The van der Waals surface area contributed by atoms with Crippen LogP contribution in [0.25, 0.3) is 5.69 Å². The average molecular weight is 431 g/mol. The molecule has 3 aromatic rings. The zero-order valence-electron chi connectivity index (χ0n) is 14.8. The van der Waals surface area contributed by atoms with Crippen molar-refractivity contribution in [3.05, 3.63) is 63.9 Å². The molecular weight excluding hydrogens is 412 g/mol. The lowest BCUT2D eigenvalue weighted by Gasteiger charge is -2.12. The molecule has 5 nitrogen and oxygen atoms in total. The molecule has 2 aromatic carbocycles. The molecule has 3 rings (SSSR count). The Morgan fingerprint density at radius 3 is 2.58 bits per heavy atom. The van der Waals surface area contributed by atoms with Crippen LogP contribution in [-0.2, 0) is 4.79 Å². The number of nitrogens with one attached hydrogen (secondary N) is 1. The van der Waals surface area contributed by atoms with Crippen LogP contribution in [0, 0.1) is 20.8 Å². The van der Waals surface area contributed by atoms with Gasteiger partial charge in [0.1, 0.15) is 5.82 Å². The van der Waals surface area contributed by atoms with E-state index in [1.807, 2.05) is 35.8 Å². The van der Waals surface area contributed by atoms with E-state index in [0.717, 1.165) is 27.2 Å². The number of nitrogens with zero attached hydrogens (tertiary/aromatic N) is 3. The summed E-state index contributed by atoms with van der Waals surface area (Å²) in [7, 11) is 0. The topological polar surface area (TPSA) is 59.8 Å². The summed E-state index contributed by atoms with van der Waals surface area (Å²) in [6.07, 6.45) is 0. The van der Waals surface area contributed by atoms with Crippen LogP contribution < -0.4 is 5.32 Å². The van der Waals surface area contributed by atoms with Crippen molar-refractivity contribution in [1.82, 2.24) is 14.8 Å². The summed E-state index contributed by atoms with van der Waals surface area (Å²) in [5.74, 6) is 0.985. The highest BCUT2D eigenvalue weighted by molar-refractivity contribution is 9.10. The monoisotopic (exact) mass is 430 g/mol. The quantitative estimate of drug-likeness (QED) is 0.596. The third-order valence-corrected chi connectivity index (χ3v) is 5.32. The van der Waals surface area contributed by atoms with E-state index in [1.165, 1.54) is 17.3 Å². The van der Waals surface area contributed by atoms with Crippen molar-refractivity contribution < 1.29 is 4.79 Å². The SMILES string of the molecule is Cc1ccc(C)c(-n2c(C)nnc2SCC(=O)Nc2ccc(Br)cc2)c1. The Labute approximate surface area is 165 Å². The maximum Gasteiger partial charge on any atom is 0.234 e. The molecule has 134 valence electrons. The molecule has 0 aliphatic carbocycles. The van der Waals surface area contributed by atoms with E-state index in [1.54, 1.807) is 0 Å². The van der Waals surface area contributed by atoms with E-state index >= 15 is 0 Å². The van der Waals surface area contributed by atoms with Crippen LogP contribution >= 0.6 is 27.7 Å². The van der Waals surface area contributed by atoms with E-state index in [-0.39, 0.29) is 11.7 Å². The molecule has 7 heteroatoms. The lowest BCUT2D eigenvalue weighted by molar-refractivity contribution is -0.113. The zero-order valence-corrected chi connectivity index (χ0v) is 17.2. The van der Waals surface area contributed by atoms with Crippen LogP contribution in [0.15, 0.2) is 52.1 Å². The number of hydrogen-bond donors (Lipinski definition) is 1. The number of carbonyl (C=O) groups excluding carboxylic acids is 1. The Hall–Kier alpha value is -2.12. The van der Waals surface area contributed by atoms with Crippen molar-refractivity contribution in [3.63, 3.8) is 0 Å². The standard InChI is InChI=1S/C19H19BrN4OS/c1-12-4-5-13(2)17(10-12)24-14(3)22-23-19(24)26-11-18(25)21-16-8-6-15(20)7-9-16/h4-10H,11H2,1-3H3,(H,21,25). The lowest BCUT2D eigenvalue weighted by Crippen LogP contribution is -2.14. The molecule has 1 amide bonds. The second-order valence-corrected chi connectivity index (χ2v) is 7.86. The van der Waals surface area contributed by atoms with Gasteiger partial charge in [0.15, 0.2) is 5.16 Å². The summed E-state index contributed by atoms with van der Waals surface area (Å²) in [4.78, 5) is 12.2. The fourth-order valence-corrected chi connectivity index (χ4v) is 3.59. The molecule has 0 unspecified atom stereocenters. The van der Waals surface area contributed by atoms with Gasteiger partial charge in [0, 0.05) is 10.2 Å². The van der Waals surface area contributed by atoms with Gasteiger partial charge in [-0.05, 0) is 62.2 Å². The van der Waals surface area contributed by atoms with Crippen molar-refractivity contribution in [2.24, 2.45) is 0 Å². The van der Waals surface area contributed by atoms with Crippen LogP contribution in [0.3, 0.4) is 0 Å². The average Bonchev–Trinajstić information content (AvgIpc) is 2.98. The highest BCUT2D eigenvalue weighted by atomic mass is 79.9. The van der Waals surface area contributed by atoms with Gasteiger partial charge < -0.3 is 5.32 Å². The summed E-state index contributed by atoms with van der Waals surface area (Å²) in [6, 6.07) is 13.8. The van der Waals surface area contributed by atoms with Crippen molar-refractivity contribution >= 4 is 39.3 Å². The molecule has 0 bridgehead atoms. The van der Waals surface area contributed by atoms with Crippen LogP contribution in [-0.4, -0.2) is 26.4 Å². The summed E-state index contributed by atoms with van der Waals surface area (Å²) in [5.41, 5.74) is 4.12. The number of thioether (sulfide) groups is 1. The Morgan fingerprint density at radius 1 is 1.12 bits per heavy atom. The number of hydrogen-bond acceptors (Lipinski definition) is 4. The van der Waals surface area contributed by atoms with Crippen molar-refractivity contribution in [1.29, 1.82) is 0 Å². The number of aryl methyl sites for hydroxylation is 3. The summed E-state index contributed by atoms with van der Waals surface area (Å²) in [5, 5.41) is 12.0. The summed E-state index contributed by atoms with van der Waals surface area (Å²) >= 11 is 4.76. The van der Waals surface area contributed by atoms with E-state index in [0.29, 0.717) is 5.16 Å². The predicted octanol–water partition coefficient (Wildman–Crippen LogP) is 4.69. The molecule has 0 spiro atoms. The van der Waals surface area contributed by atoms with Gasteiger partial charge in [0.05, 0.1) is 11.4 Å². The van der Waals surface area contributed by atoms with E-state index in [9.17, 15) is 4.79 Å². The van der Waals surface area contributed by atoms with Crippen LogP contribution in [0.5, 0.6) is 0 Å². The molecule has 1 aromatic heterocycles. The zero-order chi connectivity index (χ0) is 18.7. The van der Waals surface area contributed by atoms with Gasteiger partial charge in [0.2, 0.25) is 5.91 Å². The fourth-order valence-electron chi connectivity index (χ4n) is 2.53. The van der Waals surface area contributed by atoms with E-state index in [2.05, 4.69) is 63.5 Å². The van der Waals surface area contributed by atoms with Gasteiger partial charge >= 0.3 is 0 Å². The van der Waals surface area contributed by atoms with Crippen LogP contribution in [0.2, 0.25) is 0 Å². The molecular formula is C19H19BrN4OS. The molecule has 0 fully saturated rings. The van der Waals surface area contributed by atoms with Gasteiger partial charge in [-0.25, -0.2) is 0 Å². The maximum atomic E-state index is 12.2. The van der Waals surface area contributed by atoms with Crippen molar-refractivity contribution in [2.45, 2.75) is 25.9 Å². The predicted molar refractivity (Wildman–Crippen MR) is 109 cm³/mol. The maximum absolute atomic E-state index is 12.2. The van der Waals surface area contributed by atoms with Gasteiger partial charge in [-0.3, -0.25) is 9.36 Å². The number of benzene rings is 2. The number of anilines is 1. The molecule has 0 atom stereocenters. The Bertz CT molecular complexity index is 937. The first-order valence-corrected chi connectivity index (χ1v) is 9.90. The molecule has 0 saturated heterocycles. The first-order valence-electron chi connectivity index (χ1n) is 8.12. The molecule has 26 heavy (non-hydrogen) atoms. The van der Waals surface area contributed by atoms with Crippen molar-refractivity contribution in [2.75, 3.05) is 11.1 Å². The Kier molecular flexibility index (Phi) is 5.78. The molecule has 1 heterocycles. The third kappa shape index (κ3) is 4.34. The summed E-state index contributed by atoms with van der Waals surface area (Å²) < 4.78 is 2.97. The first-order chi connectivity index (χ1) is 12.4. The molecule has 0 saturated carbocycles. The minimum Gasteiger partial charge on any atom is -0.325 e. The minimum absolute atomic E-state index is 0.0783.